The van der Waals surface area contributed by atoms with Gasteiger partial charge >= 0.3 is 0 Å². The van der Waals surface area contributed by atoms with Crippen molar-refractivity contribution in [2.45, 2.75) is 0 Å². The van der Waals surface area contributed by atoms with Crippen molar-refractivity contribution in [3.8, 4) is 0 Å². The van der Waals surface area contributed by atoms with Gasteiger partial charge in [0.25, 0.3) is 0 Å². The molecule has 5 heteroatoms. The van der Waals surface area contributed by atoms with Gasteiger partial charge < -0.3 is 5.11 Å². The molecule has 0 bridgehead atoms. The number of benzene rings is 1. The quantitative estimate of drug-likeness (QED) is 0.680. The van der Waals surface area contributed by atoms with Crippen molar-refractivity contribution in [1.82, 2.24) is 4.98 Å². The number of hydrogen-bond donors (Lipinski definition) is 1. The number of carbonyl (C=O) groups excluding carboxylic acids is 2. The largest absolute Gasteiger partial charge is 0.506 e. The van der Waals surface area contributed by atoms with E-state index in [2.05, 4.69) is 9.98 Å². The molecule has 5 nitrogen and oxygen atoms in total. The summed E-state index contributed by atoms with van der Waals surface area (Å²) in [6.07, 6.45) is 3.12. The van der Waals surface area contributed by atoms with Crippen molar-refractivity contribution in [3.63, 3.8) is 0 Å². The molecular weight excluding hydrogens is 280 g/mol. The SMILES string of the molecule is CN=C(C1=C(O)c2ccccc2C(=O)C1=O)c1cccnc1. The number of fused-ring (bicyclic) bond motifs is 1. The first-order valence-electron chi connectivity index (χ1n) is 6.64. The summed E-state index contributed by atoms with van der Waals surface area (Å²) in [5.74, 6) is -1.64. The topological polar surface area (TPSA) is 79.6 Å². The van der Waals surface area contributed by atoms with Crippen LogP contribution in [0.4, 0.5) is 0 Å². The summed E-state index contributed by atoms with van der Waals surface area (Å²) in [5, 5.41) is 10.5. The molecule has 0 radical (unpaired) electrons. The minimum Gasteiger partial charge on any atom is -0.506 e. The van der Waals surface area contributed by atoms with E-state index in [0.717, 1.165) is 0 Å². The maximum absolute atomic E-state index is 12.4. The lowest BCUT2D eigenvalue weighted by Gasteiger charge is -2.18. The van der Waals surface area contributed by atoms with Crippen LogP contribution >= 0.6 is 0 Å². The Bertz CT molecular complexity index is 836. The van der Waals surface area contributed by atoms with Gasteiger partial charge in [-0.3, -0.25) is 19.6 Å². The summed E-state index contributed by atoms with van der Waals surface area (Å²) in [4.78, 5) is 32.7. The van der Waals surface area contributed by atoms with E-state index in [1.54, 1.807) is 36.5 Å². The zero-order valence-electron chi connectivity index (χ0n) is 11.8. The highest BCUT2D eigenvalue weighted by Crippen LogP contribution is 2.29. The third-order valence-corrected chi connectivity index (χ3v) is 3.49. The van der Waals surface area contributed by atoms with Crippen LogP contribution in [0.25, 0.3) is 5.76 Å². The maximum atomic E-state index is 12.4. The van der Waals surface area contributed by atoms with Gasteiger partial charge in [-0.05, 0) is 12.1 Å². The third-order valence-electron chi connectivity index (χ3n) is 3.49. The highest BCUT2D eigenvalue weighted by atomic mass is 16.3. The van der Waals surface area contributed by atoms with Crippen LogP contribution < -0.4 is 0 Å². The smallest absolute Gasteiger partial charge is 0.239 e. The number of pyridine rings is 1. The van der Waals surface area contributed by atoms with E-state index < -0.39 is 11.6 Å². The number of nitrogens with zero attached hydrogens (tertiary/aromatic N) is 2. The molecule has 1 aromatic carbocycles. The summed E-state index contributed by atoms with van der Waals surface area (Å²) >= 11 is 0. The van der Waals surface area contributed by atoms with Crippen molar-refractivity contribution in [2.24, 2.45) is 4.99 Å². The fourth-order valence-corrected chi connectivity index (χ4v) is 2.47. The number of aromatic nitrogens is 1. The minimum atomic E-state index is -0.763. The van der Waals surface area contributed by atoms with Crippen LogP contribution in [-0.2, 0) is 4.79 Å². The van der Waals surface area contributed by atoms with Crippen LogP contribution in [0.5, 0.6) is 0 Å². The molecule has 0 saturated heterocycles. The molecule has 3 rings (SSSR count). The van der Waals surface area contributed by atoms with E-state index in [9.17, 15) is 14.7 Å². The normalized spacial score (nSPS) is 15.0. The lowest BCUT2D eigenvalue weighted by Crippen LogP contribution is -2.28. The van der Waals surface area contributed by atoms with Crippen molar-refractivity contribution in [1.29, 1.82) is 0 Å². The molecule has 1 aliphatic carbocycles. The number of allylic oxidation sites excluding steroid dienone is 1. The number of hydrogen-bond acceptors (Lipinski definition) is 5. The zero-order valence-corrected chi connectivity index (χ0v) is 11.8. The fraction of sp³-hybridized carbons (Fsp3) is 0.0588. The number of aliphatic imine (C=N–C) groups is 1. The Labute approximate surface area is 126 Å². The first-order valence-corrected chi connectivity index (χ1v) is 6.64. The lowest BCUT2D eigenvalue weighted by atomic mass is 9.85. The molecule has 0 saturated carbocycles. The molecule has 0 aliphatic heterocycles. The van der Waals surface area contributed by atoms with E-state index in [0.29, 0.717) is 11.1 Å². The van der Waals surface area contributed by atoms with Crippen LogP contribution in [-0.4, -0.2) is 34.4 Å². The highest BCUT2D eigenvalue weighted by Gasteiger charge is 2.35. The molecule has 1 aliphatic rings. The predicted octanol–water partition coefficient (Wildman–Crippen LogP) is 2.24. The van der Waals surface area contributed by atoms with Crippen molar-refractivity contribution in [2.75, 3.05) is 7.05 Å². The molecular formula is C17H12N2O3. The Morgan fingerprint density at radius 2 is 1.77 bits per heavy atom. The van der Waals surface area contributed by atoms with E-state index >= 15 is 0 Å². The zero-order chi connectivity index (χ0) is 15.7. The van der Waals surface area contributed by atoms with Gasteiger partial charge in [-0.2, -0.15) is 0 Å². The van der Waals surface area contributed by atoms with E-state index in [1.807, 2.05) is 0 Å². The molecule has 0 fully saturated rings. The molecule has 108 valence electrons. The monoisotopic (exact) mass is 292 g/mol. The van der Waals surface area contributed by atoms with Gasteiger partial charge in [0.15, 0.2) is 0 Å². The molecule has 1 aromatic heterocycles. The van der Waals surface area contributed by atoms with Gasteiger partial charge in [0, 0.05) is 36.1 Å². The number of Topliss-reactive ketones (excluding diaryl/α,β-unsaturated/α-hetero) is 2. The van der Waals surface area contributed by atoms with Crippen LogP contribution in [0.1, 0.15) is 21.5 Å². The second-order valence-corrected chi connectivity index (χ2v) is 4.74. The number of ketones is 2. The third kappa shape index (κ3) is 2.03. The number of aliphatic hydroxyl groups is 1. The molecule has 1 N–H and O–H groups in total. The van der Waals surface area contributed by atoms with Gasteiger partial charge in [-0.1, -0.05) is 24.3 Å². The molecule has 2 aromatic rings. The minimum absolute atomic E-state index is 0.0841. The standard InChI is InChI=1S/C17H12N2O3/c1-18-14(10-5-4-8-19-9-10)13-15(20)11-6-2-3-7-12(11)16(21)17(13)22/h2-9,20H,1H3. The average molecular weight is 292 g/mol. The molecule has 0 unspecified atom stereocenters. The van der Waals surface area contributed by atoms with E-state index in [-0.39, 0.29) is 22.6 Å². The van der Waals surface area contributed by atoms with Crippen LogP contribution in [0, 0.1) is 0 Å². The summed E-state index contributed by atoms with van der Waals surface area (Å²) in [7, 11) is 1.50. The van der Waals surface area contributed by atoms with Gasteiger partial charge in [0.05, 0.1) is 11.3 Å². The molecule has 1 heterocycles. The summed E-state index contributed by atoms with van der Waals surface area (Å²) in [6, 6.07) is 9.89. The van der Waals surface area contributed by atoms with E-state index in [1.165, 1.54) is 19.3 Å². The van der Waals surface area contributed by atoms with Gasteiger partial charge in [-0.25, -0.2) is 0 Å². The molecule has 0 amide bonds. The van der Waals surface area contributed by atoms with E-state index in [4.69, 9.17) is 0 Å². The summed E-state index contributed by atoms with van der Waals surface area (Å²) < 4.78 is 0. The lowest BCUT2D eigenvalue weighted by molar-refractivity contribution is -0.111. The van der Waals surface area contributed by atoms with Gasteiger partial charge in [-0.15, -0.1) is 0 Å². The summed E-state index contributed by atoms with van der Waals surface area (Å²) in [6.45, 7) is 0. The Morgan fingerprint density at radius 3 is 2.41 bits per heavy atom. The Hall–Kier alpha value is -3.08. The maximum Gasteiger partial charge on any atom is 0.239 e. The van der Waals surface area contributed by atoms with Crippen molar-refractivity contribution < 1.29 is 14.7 Å². The molecule has 0 spiro atoms. The second kappa shape index (κ2) is 5.37. The van der Waals surface area contributed by atoms with Gasteiger partial charge in [0.1, 0.15) is 5.76 Å². The van der Waals surface area contributed by atoms with Gasteiger partial charge in [0.2, 0.25) is 11.6 Å². The Kier molecular flexibility index (Phi) is 3.39. The van der Waals surface area contributed by atoms with Crippen molar-refractivity contribution in [3.05, 3.63) is 71.1 Å². The first kappa shape index (κ1) is 13.9. The van der Waals surface area contributed by atoms with Crippen LogP contribution in [0.3, 0.4) is 0 Å². The van der Waals surface area contributed by atoms with Crippen LogP contribution in [0.15, 0.2) is 59.4 Å². The Balaban J connectivity index is 2.25. The fourth-order valence-electron chi connectivity index (χ4n) is 2.47. The predicted molar refractivity (Wildman–Crippen MR) is 82.0 cm³/mol. The van der Waals surface area contributed by atoms with Crippen LogP contribution in [0.2, 0.25) is 0 Å². The average Bonchev–Trinajstić information content (AvgIpc) is 2.57. The number of rotatable bonds is 2. The first-order chi connectivity index (χ1) is 10.6. The molecule has 0 atom stereocenters. The summed E-state index contributed by atoms with van der Waals surface area (Å²) in [5.41, 5.74) is 1.27. The number of aliphatic hydroxyl groups excluding tert-OH is 1. The van der Waals surface area contributed by atoms with Crippen molar-refractivity contribution >= 4 is 23.0 Å². The Morgan fingerprint density at radius 1 is 1.05 bits per heavy atom. The molecule has 22 heavy (non-hydrogen) atoms. The second-order valence-electron chi connectivity index (χ2n) is 4.74. The number of carbonyl (C=O) groups is 2. The highest BCUT2D eigenvalue weighted by molar-refractivity contribution is 6.59.